The molecule has 1 fully saturated rings. The fourth-order valence-corrected chi connectivity index (χ4v) is 4.72. The molecule has 0 bridgehead atoms. The lowest BCUT2D eigenvalue weighted by Gasteiger charge is -2.27. The highest BCUT2D eigenvalue weighted by atomic mass is 35.5. The number of morpholine rings is 1. The number of carbonyl (C=O) groups excluding carboxylic acids is 1. The molecule has 0 spiro atoms. The molecule has 188 valence electrons. The van der Waals surface area contributed by atoms with Crippen molar-refractivity contribution in [3.05, 3.63) is 77.3 Å². The van der Waals surface area contributed by atoms with Gasteiger partial charge in [-0.2, -0.15) is 0 Å². The largest absolute Gasteiger partial charge is 0.492 e. The van der Waals surface area contributed by atoms with Gasteiger partial charge in [0.25, 0.3) is 0 Å². The number of benzene rings is 2. The Labute approximate surface area is 214 Å². The molecule has 0 saturated carbocycles. The standard InChI is InChI=1S/C27H27ClFN3O4/c1-18-2-3-19(12-23(18)29)16-32-24-13-20(35-11-8-31-6-9-34-10-7-31)4-5-21(24)27(28)22(14-26(32)33)25-15-30-17-36-25/h2-5,12-13,15,17H,6-11,14,16H2,1H3. The lowest BCUT2D eigenvalue weighted by molar-refractivity contribution is -0.117. The number of amides is 1. The second-order valence-corrected chi connectivity index (χ2v) is 9.26. The molecule has 5 rings (SSSR count). The summed E-state index contributed by atoms with van der Waals surface area (Å²) in [6.45, 7) is 6.40. The smallest absolute Gasteiger partial charge is 0.231 e. The second-order valence-electron chi connectivity index (χ2n) is 8.88. The Kier molecular flexibility index (Phi) is 7.36. The quantitative estimate of drug-likeness (QED) is 0.450. The predicted molar refractivity (Wildman–Crippen MR) is 135 cm³/mol. The first-order valence-electron chi connectivity index (χ1n) is 11.9. The Morgan fingerprint density at radius 2 is 2.00 bits per heavy atom. The van der Waals surface area contributed by atoms with Gasteiger partial charge in [0, 0.05) is 36.8 Å². The summed E-state index contributed by atoms with van der Waals surface area (Å²) in [5, 5.41) is 0.410. The number of hydrogen-bond acceptors (Lipinski definition) is 6. The van der Waals surface area contributed by atoms with Crippen molar-refractivity contribution in [3.8, 4) is 5.75 Å². The molecule has 1 aromatic heterocycles. The summed E-state index contributed by atoms with van der Waals surface area (Å²) in [7, 11) is 0. The number of rotatable bonds is 7. The minimum atomic E-state index is -0.311. The number of halogens is 2. The fourth-order valence-electron chi connectivity index (χ4n) is 4.40. The molecule has 2 aliphatic heterocycles. The molecule has 3 heterocycles. The Hall–Kier alpha value is -3.20. The first kappa shape index (κ1) is 24.5. The van der Waals surface area contributed by atoms with E-state index in [1.54, 1.807) is 24.1 Å². The van der Waals surface area contributed by atoms with Crippen LogP contribution in [0, 0.1) is 12.7 Å². The first-order chi connectivity index (χ1) is 17.5. The van der Waals surface area contributed by atoms with Crippen LogP contribution in [0.25, 0.3) is 10.6 Å². The third-order valence-electron chi connectivity index (χ3n) is 6.48. The molecule has 0 aliphatic carbocycles. The minimum Gasteiger partial charge on any atom is -0.492 e. The van der Waals surface area contributed by atoms with Crippen LogP contribution < -0.4 is 9.64 Å². The van der Waals surface area contributed by atoms with Crippen molar-refractivity contribution >= 4 is 33.8 Å². The average Bonchev–Trinajstić information content (AvgIpc) is 3.40. The molecule has 3 aromatic rings. The Balaban J connectivity index is 1.46. The minimum absolute atomic E-state index is 0.0181. The summed E-state index contributed by atoms with van der Waals surface area (Å²) in [5.74, 6) is 0.564. The number of anilines is 1. The zero-order chi connectivity index (χ0) is 25.1. The van der Waals surface area contributed by atoms with Gasteiger partial charge in [0.15, 0.2) is 12.2 Å². The van der Waals surface area contributed by atoms with Crippen molar-refractivity contribution in [2.24, 2.45) is 0 Å². The molecule has 2 aliphatic rings. The number of aromatic nitrogens is 1. The van der Waals surface area contributed by atoms with E-state index in [0.29, 0.717) is 51.1 Å². The topological polar surface area (TPSA) is 68.0 Å². The molecule has 7 nitrogen and oxygen atoms in total. The van der Waals surface area contributed by atoms with Crippen LogP contribution in [0.4, 0.5) is 10.1 Å². The van der Waals surface area contributed by atoms with Crippen molar-refractivity contribution in [2.45, 2.75) is 19.9 Å². The lowest BCUT2D eigenvalue weighted by atomic mass is 10.1. The van der Waals surface area contributed by atoms with Gasteiger partial charge in [0.1, 0.15) is 18.2 Å². The van der Waals surface area contributed by atoms with E-state index in [2.05, 4.69) is 9.88 Å². The van der Waals surface area contributed by atoms with Crippen LogP contribution in [0.1, 0.15) is 28.9 Å². The van der Waals surface area contributed by atoms with Crippen LogP contribution in [0.15, 0.2) is 53.4 Å². The predicted octanol–water partition coefficient (Wildman–Crippen LogP) is 4.88. The third-order valence-corrected chi connectivity index (χ3v) is 6.91. The van der Waals surface area contributed by atoms with Crippen LogP contribution in [-0.4, -0.2) is 55.2 Å². The first-order valence-corrected chi connectivity index (χ1v) is 12.3. The monoisotopic (exact) mass is 511 g/mol. The van der Waals surface area contributed by atoms with E-state index in [0.717, 1.165) is 32.8 Å². The number of carbonyl (C=O) groups is 1. The van der Waals surface area contributed by atoms with Crippen LogP contribution >= 0.6 is 11.6 Å². The van der Waals surface area contributed by atoms with E-state index in [1.165, 1.54) is 12.5 Å². The highest BCUT2D eigenvalue weighted by Crippen LogP contribution is 2.42. The second kappa shape index (κ2) is 10.8. The van der Waals surface area contributed by atoms with Crippen molar-refractivity contribution < 1.29 is 23.1 Å². The van der Waals surface area contributed by atoms with E-state index >= 15 is 0 Å². The molecule has 9 heteroatoms. The van der Waals surface area contributed by atoms with Gasteiger partial charge in [-0.3, -0.25) is 9.69 Å². The Bertz CT molecular complexity index is 1270. The van der Waals surface area contributed by atoms with Crippen molar-refractivity contribution in [1.29, 1.82) is 0 Å². The summed E-state index contributed by atoms with van der Waals surface area (Å²) in [6.07, 6.45) is 2.87. The van der Waals surface area contributed by atoms with Gasteiger partial charge in [0.2, 0.25) is 5.91 Å². The molecule has 0 radical (unpaired) electrons. The van der Waals surface area contributed by atoms with E-state index in [1.807, 2.05) is 24.3 Å². The fraction of sp³-hybridized carbons (Fsp3) is 0.333. The zero-order valence-corrected chi connectivity index (χ0v) is 20.8. The van der Waals surface area contributed by atoms with E-state index in [-0.39, 0.29) is 24.7 Å². The highest BCUT2D eigenvalue weighted by molar-refractivity contribution is 6.53. The summed E-state index contributed by atoms with van der Waals surface area (Å²) >= 11 is 6.84. The molecular weight excluding hydrogens is 485 g/mol. The molecule has 0 atom stereocenters. The molecule has 1 saturated heterocycles. The normalized spacial score (nSPS) is 16.8. The molecule has 0 N–H and O–H groups in total. The van der Waals surface area contributed by atoms with Gasteiger partial charge in [0.05, 0.1) is 43.1 Å². The van der Waals surface area contributed by atoms with Crippen LogP contribution in [0.3, 0.4) is 0 Å². The maximum atomic E-state index is 14.3. The number of aryl methyl sites for hydroxylation is 1. The number of oxazole rings is 1. The summed E-state index contributed by atoms with van der Waals surface area (Å²) in [4.78, 5) is 21.4. The Morgan fingerprint density at radius 1 is 1.17 bits per heavy atom. The SMILES string of the molecule is Cc1ccc(CN2C(=O)CC(c3cnco3)=C(Cl)c3ccc(OCCN4CCOCC4)cc32)cc1F. The summed E-state index contributed by atoms with van der Waals surface area (Å²) in [5.41, 5.74) is 3.05. The lowest BCUT2D eigenvalue weighted by Crippen LogP contribution is -2.38. The maximum absolute atomic E-state index is 14.3. The molecule has 1 amide bonds. The average molecular weight is 512 g/mol. The van der Waals surface area contributed by atoms with Gasteiger partial charge in [-0.15, -0.1) is 0 Å². The van der Waals surface area contributed by atoms with Gasteiger partial charge in [-0.25, -0.2) is 9.37 Å². The number of ether oxygens (including phenoxy) is 2. The van der Waals surface area contributed by atoms with Crippen molar-refractivity contribution in [1.82, 2.24) is 9.88 Å². The van der Waals surface area contributed by atoms with Gasteiger partial charge >= 0.3 is 0 Å². The van der Waals surface area contributed by atoms with Crippen molar-refractivity contribution in [3.63, 3.8) is 0 Å². The van der Waals surface area contributed by atoms with Crippen LogP contribution in [-0.2, 0) is 16.1 Å². The van der Waals surface area contributed by atoms with E-state index < -0.39 is 0 Å². The highest BCUT2D eigenvalue weighted by Gasteiger charge is 2.29. The van der Waals surface area contributed by atoms with Gasteiger partial charge in [-0.05, 0) is 36.2 Å². The Morgan fingerprint density at radius 3 is 2.75 bits per heavy atom. The number of nitrogens with zero attached hydrogens (tertiary/aromatic N) is 3. The van der Waals surface area contributed by atoms with Gasteiger partial charge in [-0.1, -0.05) is 23.7 Å². The van der Waals surface area contributed by atoms with E-state index in [4.69, 9.17) is 25.5 Å². The number of hydrogen-bond donors (Lipinski definition) is 0. The third kappa shape index (κ3) is 5.31. The zero-order valence-electron chi connectivity index (χ0n) is 20.0. The van der Waals surface area contributed by atoms with E-state index in [9.17, 15) is 9.18 Å². The summed E-state index contributed by atoms with van der Waals surface area (Å²) < 4.78 is 31.2. The van der Waals surface area contributed by atoms with Crippen LogP contribution in [0.5, 0.6) is 5.75 Å². The van der Waals surface area contributed by atoms with Crippen LogP contribution in [0.2, 0.25) is 0 Å². The molecule has 2 aromatic carbocycles. The number of fused-ring (bicyclic) bond motifs is 1. The summed E-state index contributed by atoms with van der Waals surface area (Å²) in [6, 6.07) is 10.5. The van der Waals surface area contributed by atoms with Crippen molar-refractivity contribution in [2.75, 3.05) is 44.4 Å². The molecule has 0 unspecified atom stereocenters. The van der Waals surface area contributed by atoms with Gasteiger partial charge < -0.3 is 18.8 Å². The maximum Gasteiger partial charge on any atom is 0.231 e. The molecular formula is C27H27ClFN3O4. The molecule has 36 heavy (non-hydrogen) atoms.